The molecule has 0 aliphatic rings. The number of aromatic hydroxyl groups is 2. The number of ether oxygens (including phenoxy) is 1. The van der Waals surface area contributed by atoms with Gasteiger partial charge in [0.25, 0.3) is 0 Å². The van der Waals surface area contributed by atoms with E-state index in [1.165, 1.54) is 56.7 Å². The first-order valence-electron chi connectivity index (χ1n) is 7.39. The molecule has 0 radical (unpaired) electrons. The zero-order valence-corrected chi connectivity index (χ0v) is 11.9. The predicted molar refractivity (Wildman–Crippen MR) is 77.9 cm³/mol. The van der Waals surface area contributed by atoms with Crippen LogP contribution in [0, 0.1) is 0 Å². The standard InChI is InChI=1S/C16H26O3/c1-2-3-4-5-6-7-8-9-12-19-16-13-14(17)10-11-15(16)18/h10-11,13,17-18H,2-9,12H2,1H3. The van der Waals surface area contributed by atoms with E-state index in [2.05, 4.69) is 6.92 Å². The van der Waals surface area contributed by atoms with Crippen molar-refractivity contribution < 1.29 is 14.9 Å². The van der Waals surface area contributed by atoms with E-state index >= 15 is 0 Å². The highest BCUT2D eigenvalue weighted by Gasteiger charge is 2.03. The molecule has 0 fully saturated rings. The van der Waals surface area contributed by atoms with Crippen LogP contribution in [-0.2, 0) is 0 Å². The number of unbranched alkanes of at least 4 members (excludes halogenated alkanes) is 7. The fourth-order valence-electron chi connectivity index (χ4n) is 2.04. The Balaban J connectivity index is 2.03. The van der Waals surface area contributed by atoms with Crippen LogP contribution in [0.3, 0.4) is 0 Å². The van der Waals surface area contributed by atoms with Gasteiger partial charge in [-0.25, -0.2) is 0 Å². The van der Waals surface area contributed by atoms with Crippen LogP contribution in [0.5, 0.6) is 17.2 Å². The molecule has 0 aliphatic carbocycles. The van der Waals surface area contributed by atoms with Crippen LogP contribution < -0.4 is 4.74 Å². The third-order valence-electron chi connectivity index (χ3n) is 3.20. The fourth-order valence-corrected chi connectivity index (χ4v) is 2.04. The van der Waals surface area contributed by atoms with Gasteiger partial charge in [-0.2, -0.15) is 0 Å². The molecular weight excluding hydrogens is 240 g/mol. The molecule has 108 valence electrons. The summed E-state index contributed by atoms with van der Waals surface area (Å²) in [6.45, 7) is 2.82. The van der Waals surface area contributed by atoms with Gasteiger partial charge in [0.1, 0.15) is 5.75 Å². The van der Waals surface area contributed by atoms with Crippen LogP contribution in [-0.4, -0.2) is 16.8 Å². The third-order valence-corrected chi connectivity index (χ3v) is 3.20. The Labute approximate surface area is 116 Å². The molecule has 19 heavy (non-hydrogen) atoms. The average Bonchev–Trinajstić information content (AvgIpc) is 2.40. The van der Waals surface area contributed by atoms with E-state index in [0.29, 0.717) is 12.4 Å². The van der Waals surface area contributed by atoms with Crippen LogP contribution in [0.15, 0.2) is 18.2 Å². The summed E-state index contributed by atoms with van der Waals surface area (Å²) in [5.41, 5.74) is 0. The van der Waals surface area contributed by atoms with E-state index in [-0.39, 0.29) is 11.5 Å². The smallest absolute Gasteiger partial charge is 0.164 e. The molecule has 0 heterocycles. The molecule has 3 nitrogen and oxygen atoms in total. The normalized spacial score (nSPS) is 10.6. The van der Waals surface area contributed by atoms with Crippen LogP contribution >= 0.6 is 0 Å². The van der Waals surface area contributed by atoms with Crippen LogP contribution in [0.1, 0.15) is 58.3 Å². The lowest BCUT2D eigenvalue weighted by Crippen LogP contribution is -1.97. The fraction of sp³-hybridized carbons (Fsp3) is 0.625. The number of benzene rings is 1. The maximum atomic E-state index is 9.52. The van der Waals surface area contributed by atoms with Crippen molar-refractivity contribution in [2.24, 2.45) is 0 Å². The molecule has 1 aromatic carbocycles. The Hall–Kier alpha value is -1.38. The van der Waals surface area contributed by atoms with Crippen molar-refractivity contribution in [2.75, 3.05) is 6.61 Å². The first kappa shape index (κ1) is 15.7. The van der Waals surface area contributed by atoms with Gasteiger partial charge in [-0.05, 0) is 18.6 Å². The highest BCUT2D eigenvalue weighted by atomic mass is 16.5. The second-order valence-corrected chi connectivity index (χ2v) is 4.98. The maximum Gasteiger partial charge on any atom is 0.164 e. The molecule has 1 rings (SSSR count). The van der Waals surface area contributed by atoms with Gasteiger partial charge in [-0.15, -0.1) is 0 Å². The van der Waals surface area contributed by atoms with Crippen LogP contribution in [0.2, 0.25) is 0 Å². The van der Waals surface area contributed by atoms with Crippen molar-refractivity contribution in [1.29, 1.82) is 0 Å². The minimum atomic E-state index is 0.0809. The lowest BCUT2D eigenvalue weighted by molar-refractivity contribution is 0.287. The molecule has 0 atom stereocenters. The van der Waals surface area contributed by atoms with Gasteiger partial charge in [0.15, 0.2) is 11.5 Å². The van der Waals surface area contributed by atoms with Gasteiger partial charge in [0.05, 0.1) is 6.61 Å². The van der Waals surface area contributed by atoms with Crippen molar-refractivity contribution in [3.63, 3.8) is 0 Å². The molecule has 0 aliphatic heterocycles. The topological polar surface area (TPSA) is 49.7 Å². The van der Waals surface area contributed by atoms with Crippen molar-refractivity contribution >= 4 is 0 Å². The summed E-state index contributed by atoms with van der Waals surface area (Å²) in [5, 5.41) is 18.8. The van der Waals surface area contributed by atoms with Crippen molar-refractivity contribution in [3.05, 3.63) is 18.2 Å². The van der Waals surface area contributed by atoms with E-state index in [1.807, 2.05) is 0 Å². The molecule has 3 heteroatoms. The zero-order chi connectivity index (χ0) is 13.9. The second-order valence-electron chi connectivity index (χ2n) is 4.98. The zero-order valence-electron chi connectivity index (χ0n) is 11.9. The summed E-state index contributed by atoms with van der Waals surface area (Å²) in [6, 6.07) is 4.33. The number of hydrogen-bond acceptors (Lipinski definition) is 3. The first-order valence-corrected chi connectivity index (χ1v) is 7.39. The maximum absolute atomic E-state index is 9.52. The highest BCUT2D eigenvalue weighted by Crippen LogP contribution is 2.29. The quantitative estimate of drug-likeness (QED) is 0.480. The number of rotatable bonds is 10. The molecule has 0 saturated carbocycles. The van der Waals surface area contributed by atoms with Gasteiger partial charge >= 0.3 is 0 Å². The summed E-state index contributed by atoms with van der Waals surface area (Å²) >= 11 is 0. The second kappa shape index (κ2) is 9.54. The van der Waals surface area contributed by atoms with E-state index in [0.717, 1.165) is 12.8 Å². The highest BCUT2D eigenvalue weighted by molar-refractivity contribution is 5.43. The number of phenolic OH excluding ortho intramolecular Hbond substituents is 2. The number of hydrogen-bond donors (Lipinski definition) is 2. The molecule has 0 saturated heterocycles. The summed E-state index contributed by atoms with van der Waals surface area (Å²) < 4.78 is 5.45. The minimum absolute atomic E-state index is 0.0809. The summed E-state index contributed by atoms with van der Waals surface area (Å²) in [7, 11) is 0. The van der Waals surface area contributed by atoms with Gasteiger partial charge in [0, 0.05) is 6.07 Å². The van der Waals surface area contributed by atoms with Gasteiger partial charge in [-0.3, -0.25) is 0 Å². The summed E-state index contributed by atoms with van der Waals surface area (Å²) in [6.07, 6.45) is 10.0. The Kier molecular flexibility index (Phi) is 7.87. The Bertz CT molecular complexity index is 350. The molecule has 0 unspecified atom stereocenters. The Morgan fingerprint density at radius 3 is 2.21 bits per heavy atom. The monoisotopic (exact) mass is 266 g/mol. The summed E-state index contributed by atoms with van der Waals surface area (Å²) in [5.74, 6) is 0.559. The molecular formula is C16H26O3. The minimum Gasteiger partial charge on any atom is -0.508 e. The third kappa shape index (κ3) is 6.94. The predicted octanol–water partition coefficient (Wildman–Crippen LogP) is 4.62. The molecule has 0 bridgehead atoms. The Morgan fingerprint density at radius 2 is 1.53 bits per heavy atom. The Morgan fingerprint density at radius 1 is 0.895 bits per heavy atom. The number of phenols is 2. The molecule has 0 spiro atoms. The molecule has 0 amide bonds. The van der Waals surface area contributed by atoms with Crippen molar-refractivity contribution in [2.45, 2.75) is 58.3 Å². The SMILES string of the molecule is CCCCCCCCCCOc1cc(O)ccc1O. The van der Waals surface area contributed by atoms with Crippen molar-refractivity contribution in [3.8, 4) is 17.2 Å². The molecule has 0 aromatic heterocycles. The average molecular weight is 266 g/mol. The van der Waals surface area contributed by atoms with E-state index in [4.69, 9.17) is 4.74 Å². The van der Waals surface area contributed by atoms with E-state index in [1.54, 1.807) is 0 Å². The van der Waals surface area contributed by atoms with Crippen LogP contribution in [0.25, 0.3) is 0 Å². The van der Waals surface area contributed by atoms with Crippen LogP contribution in [0.4, 0.5) is 0 Å². The van der Waals surface area contributed by atoms with Gasteiger partial charge < -0.3 is 14.9 Å². The lowest BCUT2D eigenvalue weighted by Gasteiger charge is -2.08. The summed E-state index contributed by atoms with van der Waals surface area (Å²) in [4.78, 5) is 0. The first-order chi connectivity index (χ1) is 9.24. The van der Waals surface area contributed by atoms with Gasteiger partial charge in [-0.1, -0.05) is 51.9 Å². The molecule has 1 aromatic rings. The van der Waals surface area contributed by atoms with Crippen molar-refractivity contribution in [1.82, 2.24) is 0 Å². The van der Waals surface area contributed by atoms with E-state index in [9.17, 15) is 10.2 Å². The van der Waals surface area contributed by atoms with E-state index < -0.39 is 0 Å². The molecule has 2 N–H and O–H groups in total. The largest absolute Gasteiger partial charge is 0.508 e. The van der Waals surface area contributed by atoms with Gasteiger partial charge in [0.2, 0.25) is 0 Å². The lowest BCUT2D eigenvalue weighted by atomic mass is 10.1.